The first-order valence-electron chi connectivity index (χ1n) is 8.67. The summed E-state index contributed by atoms with van der Waals surface area (Å²) in [4.78, 5) is 15.0. The van der Waals surface area contributed by atoms with Crippen LogP contribution in [0.5, 0.6) is 0 Å². The number of piperidine rings is 1. The third kappa shape index (κ3) is 2.25. The molecule has 1 amide bonds. The van der Waals surface area contributed by atoms with Crippen LogP contribution in [0.3, 0.4) is 0 Å². The van der Waals surface area contributed by atoms with Crippen LogP contribution in [0.2, 0.25) is 0 Å². The van der Waals surface area contributed by atoms with Crippen LogP contribution in [0.15, 0.2) is 30.5 Å². The van der Waals surface area contributed by atoms with E-state index < -0.39 is 0 Å². The van der Waals surface area contributed by atoms with Gasteiger partial charge < -0.3 is 14.2 Å². The van der Waals surface area contributed by atoms with Crippen LogP contribution in [0, 0.1) is 5.82 Å². The van der Waals surface area contributed by atoms with Crippen LogP contribution in [0.4, 0.5) is 4.39 Å². The summed E-state index contributed by atoms with van der Waals surface area (Å²) < 4.78 is 23.1. The highest BCUT2D eigenvalue weighted by molar-refractivity contribution is 5.98. The maximum Gasteiger partial charge on any atom is 0.270 e. The second-order valence-corrected chi connectivity index (χ2v) is 6.92. The topological polar surface area (TPSA) is 65.2 Å². The molecule has 2 atom stereocenters. The first-order valence-corrected chi connectivity index (χ1v) is 8.67. The van der Waals surface area contributed by atoms with Crippen LogP contribution < -0.4 is 0 Å². The van der Waals surface area contributed by atoms with Crippen molar-refractivity contribution in [2.45, 2.75) is 25.2 Å². The van der Waals surface area contributed by atoms with Crippen LogP contribution in [-0.2, 0) is 18.4 Å². The summed E-state index contributed by atoms with van der Waals surface area (Å²) in [5.41, 5.74) is 2.32. The minimum absolute atomic E-state index is 0.0221. The van der Waals surface area contributed by atoms with Gasteiger partial charge in [-0.05, 0) is 30.7 Å². The number of halogens is 1. The number of hydrogen-bond donors (Lipinski definition) is 0. The standard InChI is InChI=1S/C18H18FN5O2/c1-22-14-3-2-12(19)6-11(14)7-15(22)18(25)23-5-4-17-16(9-23)24-13(10-26-17)8-20-21-24/h2-3,6-8,16-17H,4-5,9-10H2,1H3/t16-,17-/m1/s1. The molecule has 5 rings (SSSR count). The number of carbonyl (C=O) groups excluding carboxylic acids is 1. The molecule has 1 fully saturated rings. The predicted molar refractivity (Wildman–Crippen MR) is 91.0 cm³/mol. The Hall–Kier alpha value is -2.74. The Morgan fingerprint density at radius 3 is 3.12 bits per heavy atom. The van der Waals surface area contributed by atoms with Crippen molar-refractivity contribution in [2.24, 2.45) is 7.05 Å². The Morgan fingerprint density at radius 1 is 1.35 bits per heavy atom. The summed E-state index contributed by atoms with van der Waals surface area (Å²) >= 11 is 0. The molecule has 134 valence electrons. The van der Waals surface area contributed by atoms with Gasteiger partial charge in [0.1, 0.15) is 11.5 Å². The van der Waals surface area contributed by atoms with Gasteiger partial charge in [-0.3, -0.25) is 4.79 Å². The molecule has 0 bridgehead atoms. The lowest BCUT2D eigenvalue weighted by molar-refractivity contribution is -0.0606. The van der Waals surface area contributed by atoms with E-state index >= 15 is 0 Å². The normalized spacial score (nSPS) is 22.3. The Kier molecular flexibility index (Phi) is 3.36. The van der Waals surface area contributed by atoms with Crippen molar-refractivity contribution < 1.29 is 13.9 Å². The molecular weight excluding hydrogens is 337 g/mol. The zero-order valence-electron chi connectivity index (χ0n) is 14.3. The molecule has 26 heavy (non-hydrogen) atoms. The molecule has 0 aliphatic carbocycles. The molecule has 3 aromatic rings. The Labute approximate surface area is 148 Å². The van der Waals surface area contributed by atoms with Gasteiger partial charge in [-0.1, -0.05) is 5.21 Å². The van der Waals surface area contributed by atoms with Gasteiger partial charge in [0.25, 0.3) is 5.91 Å². The summed E-state index contributed by atoms with van der Waals surface area (Å²) in [6.07, 6.45) is 2.51. The van der Waals surface area contributed by atoms with E-state index in [-0.39, 0.29) is 23.9 Å². The van der Waals surface area contributed by atoms with Crippen molar-refractivity contribution in [1.29, 1.82) is 0 Å². The number of carbonyl (C=O) groups is 1. The van der Waals surface area contributed by atoms with Crippen molar-refractivity contribution in [1.82, 2.24) is 24.5 Å². The molecule has 2 aliphatic heterocycles. The highest BCUT2D eigenvalue weighted by Crippen LogP contribution is 2.31. The van der Waals surface area contributed by atoms with Gasteiger partial charge in [0, 0.05) is 31.0 Å². The monoisotopic (exact) mass is 355 g/mol. The smallest absolute Gasteiger partial charge is 0.270 e. The molecule has 0 radical (unpaired) electrons. The summed E-state index contributed by atoms with van der Waals surface area (Å²) in [6.45, 7) is 1.66. The van der Waals surface area contributed by atoms with E-state index in [0.717, 1.165) is 23.0 Å². The average molecular weight is 355 g/mol. The van der Waals surface area contributed by atoms with Gasteiger partial charge >= 0.3 is 0 Å². The number of likely N-dealkylation sites (tertiary alicyclic amines) is 1. The third-order valence-corrected chi connectivity index (χ3v) is 5.44. The Bertz CT molecular complexity index is 1010. The van der Waals surface area contributed by atoms with Crippen molar-refractivity contribution in [2.75, 3.05) is 13.1 Å². The van der Waals surface area contributed by atoms with Gasteiger partial charge in [0.15, 0.2) is 0 Å². The van der Waals surface area contributed by atoms with Crippen molar-refractivity contribution in [3.63, 3.8) is 0 Å². The van der Waals surface area contributed by atoms with Gasteiger partial charge in [-0.15, -0.1) is 5.10 Å². The number of aryl methyl sites for hydroxylation is 1. The Morgan fingerprint density at radius 2 is 2.23 bits per heavy atom. The summed E-state index contributed by atoms with van der Waals surface area (Å²) in [5, 5.41) is 8.86. The molecule has 7 nitrogen and oxygen atoms in total. The quantitative estimate of drug-likeness (QED) is 0.669. The van der Waals surface area contributed by atoms with Gasteiger partial charge in [-0.25, -0.2) is 9.07 Å². The summed E-state index contributed by atoms with van der Waals surface area (Å²) in [6, 6.07) is 6.30. The van der Waals surface area contributed by atoms with E-state index in [0.29, 0.717) is 25.4 Å². The summed E-state index contributed by atoms with van der Waals surface area (Å²) in [7, 11) is 1.83. The van der Waals surface area contributed by atoms with E-state index in [2.05, 4.69) is 10.3 Å². The van der Waals surface area contributed by atoms with Gasteiger partial charge in [-0.2, -0.15) is 0 Å². The van der Waals surface area contributed by atoms with Crippen molar-refractivity contribution in [3.8, 4) is 0 Å². The SMILES string of the molecule is Cn1c(C(=O)N2CC[C@H]3OCc4cnnn4[C@@H]3C2)cc2cc(F)ccc21. The molecular formula is C18H18FN5O2. The van der Waals surface area contributed by atoms with Crippen LogP contribution in [0.25, 0.3) is 10.9 Å². The number of fused-ring (bicyclic) bond motifs is 4. The van der Waals surface area contributed by atoms with Crippen molar-refractivity contribution in [3.05, 3.63) is 47.7 Å². The second kappa shape index (κ2) is 5.63. The maximum atomic E-state index is 13.5. The molecule has 0 spiro atoms. The van der Waals surface area contributed by atoms with Crippen LogP contribution in [0.1, 0.15) is 28.6 Å². The number of aromatic nitrogens is 4. The molecule has 1 aromatic carbocycles. The number of ether oxygens (including phenoxy) is 1. The third-order valence-electron chi connectivity index (χ3n) is 5.44. The lowest BCUT2D eigenvalue weighted by Crippen LogP contribution is -2.50. The first kappa shape index (κ1) is 15.5. The fourth-order valence-electron chi connectivity index (χ4n) is 4.05. The lowest BCUT2D eigenvalue weighted by Gasteiger charge is -2.41. The number of nitrogens with zero attached hydrogens (tertiary/aromatic N) is 5. The maximum absolute atomic E-state index is 13.5. The molecule has 2 aliphatic rings. The molecule has 0 N–H and O–H groups in total. The number of amides is 1. The minimum Gasteiger partial charge on any atom is -0.370 e. The van der Waals surface area contributed by atoms with Gasteiger partial charge in [0.05, 0.1) is 30.6 Å². The van der Waals surface area contributed by atoms with E-state index in [9.17, 15) is 9.18 Å². The number of benzene rings is 1. The lowest BCUT2D eigenvalue weighted by atomic mass is 10.00. The van der Waals surface area contributed by atoms with E-state index in [4.69, 9.17) is 4.74 Å². The molecule has 4 heterocycles. The molecule has 0 unspecified atom stereocenters. The minimum atomic E-state index is -0.305. The number of rotatable bonds is 1. The van der Waals surface area contributed by atoms with E-state index in [1.165, 1.54) is 12.1 Å². The zero-order chi connectivity index (χ0) is 17.8. The predicted octanol–water partition coefficient (Wildman–Crippen LogP) is 1.89. The molecule has 8 heteroatoms. The largest absolute Gasteiger partial charge is 0.370 e. The highest BCUT2D eigenvalue weighted by atomic mass is 19.1. The van der Waals surface area contributed by atoms with Crippen LogP contribution >= 0.6 is 0 Å². The average Bonchev–Trinajstić information content (AvgIpc) is 3.25. The molecule has 0 saturated carbocycles. The van der Waals surface area contributed by atoms with E-state index in [1.807, 2.05) is 21.2 Å². The van der Waals surface area contributed by atoms with Gasteiger partial charge in [0.2, 0.25) is 0 Å². The highest BCUT2D eigenvalue weighted by Gasteiger charge is 2.38. The summed E-state index contributed by atoms with van der Waals surface area (Å²) in [5.74, 6) is -0.365. The Balaban J connectivity index is 1.46. The fraction of sp³-hybridized carbons (Fsp3) is 0.389. The van der Waals surface area contributed by atoms with Crippen LogP contribution in [-0.4, -0.2) is 49.6 Å². The van der Waals surface area contributed by atoms with E-state index in [1.54, 1.807) is 18.3 Å². The zero-order valence-corrected chi connectivity index (χ0v) is 14.3. The van der Waals surface area contributed by atoms with Crippen molar-refractivity contribution >= 4 is 16.8 Å². The fourth-order valence-corrected chi connectivity index (χ4v) is 4.05. The number of hydrogen-bond acceptors (Lipinski definition) is 4. The molecule has 1 saturated heterocycles. The first-order chi connectivity index (χ1) is 12.6. The second-order valence-electron chi connectivity index (χ2n) is 6.92. The molecule has 2 aromatic heterocycles.